The molecule has 2 aromatic heterocycles. The largest absolute Gasteiger partial charge is 0.492 e. The van der Waals surface area contributed by atoms with Crippen molar-refractivity contribution in [2.75, 3.05) is 11.9 Å². The highest BCUT2D eigenvalue weighted by atomic mass is 16.5. The van der Waals surface area contributed by atoms with Crippen LogP contribution in [0, 0.1) is 6.92 Å². The first-order valence-corrected chi connectivity index (χ1v) is 11.4. The second-order valence-electron chi connectivity index (χ2n) is 8.49. The lowest BCUT2D eigenvalue weighted by molar-refractivity contribution is 0.102. The molecule has 0 radical (unpaired) electrons. The zero-order valence-electron chi connectivity index (χ0n) is 19.5. The van der Waals surface area contributed by atoms with Gasteiger partial charge in [-0.25, -0.2) is 4.98 Å². The van der Waals surface area contributed by atoms with Crippen molar-refractivity contribution in [3.63, 3.8) is 0 Å². The Bertz CT molecular complexity index is 1340. The van der Waals surface area contributed by atoms with E-state index in [9.17, 15) is 4.79 Å². The third-order valence-electron chi connectivity index (χ3n) is 5.70. The summed E-state index contributed by atoms with van der Waals surface area (Å²) in [6, 6.07) is 14.9. The van der Waals surface area contributed by atoms with E-state index >= 15 is 0 Å². The van der Waals surface area contributed by atoms with E-state index in [0.717, 1.165) is 29.1 Å². The van der Waals surface area contributed by atoms with Gasteiger partial charge >= 0.3 is 0 Å². The predicted octanol–water partition coefficient (Wildman–Crippen LogP) is 5.20. The molecule has 0 saturated carbocycles. The molecule has 7 nitrogen and oxygen atoms in total. The van der Waals surface area contributed by atoms with E-state index in [4.69, 9.17) is 14.2 Å². The number of aryl methyl sites for hydroxylation is 1. The molecule has 0 aliphatic carbocycles. The number of carbonyl (C=O) groups excluding carboxylic acids is 1. The number of pyridine rings is 1. The Labute approximate surface area is 198 Å². The lowest BCUT2D eigenvalue weighted by Crippen LogP contribution is -2.13. The number of hydrogen-bond donors (Lipinski definition) is 1. The van der Waals surface area contributed by atoms with E-state index in [1.807, 2.05) is 61.8 Å². The van der Waals surface area contributed by atoms with Crippen molar-refractivity contribution in [1.29, 1.82) is 0 Å². The Balaban J connectivity index is 1.25. The molecule has 1 aliphatic rings. The molecular weight excluding hydrogens is 430 g/mol. The van der Waals surface area contributed by atoms with Gasteiger partial charge in [-0.1, -0.05) is 6.07 Å². The molecule has 1 amide bonds. The Hall–Kier alpha value is -4.00. The van der Waals surface area contributed by atoms with Crippen molar-refractivity contribution in [3.05, 3.63) is 83.3 Å². The summed E-state index contributed by atoms with van der Waals surface area (Å²) < 4.78 is 19.5. The fourth-order valence-electron chi connectivity index (χ4n) is 4.09. The number of anilines is 1. The minimum atomic E-state index is -0.228. The summed E-state index contributed by atoms with van der Waals surface area (Å²) in [5, 5.41) is 2.96. The number of imidazole rings is 1. The second-order valence-corrected chi connectivity index (χ2v) is 8.49. The molecule has 1 aliphatic heterocycles. The van der Waals surface area contributed by atoms with Crippen LogP contribution in [0.25, 0.3) is 5.65 Å². The lowest BCUT2D eigenvalue weighted by Gasteiger charge is -2.14. The van der Waals surface area contributed by atoms with Crippen LogP contribution < -0.4 is 19.5 Å². The molecule has 5 rings (SSSR count). The zero-order valence-corrected chi connectivity index (χ0v) is 19.5. The second kappa shape index (κ2) is 9.09. The van der Waals surface area contributed by atoms with Crippen LogP contribution in [0.5, 0.6) is 17.2 Å². The normalized spacial score (nSPS) is 14.5. The van der Waals surface area contributed by atoms with E-state index in [2.05, 4.69) is 10.3 Å². The van der Waals surface area contributed by atoms with Gasteiger partial charge in [0.25, 0.3) is 5.91 Å². The number of nitrogens with zero attached hydrogens (tertiary/aromatic N) is 2. The summed E-state index contributed by atoms with van der Waals surface area (Å²) >= 11 is 0. The Morgan fingerprint density at radius 3 is 2.76 bits per heavy atom. The molecule has 0 fully saturated rings. The fraction of sp³-hybridized carbons (Fsp3) is 0.259. The van der Waals surface area contributed by atoms with Gasteiger partial charge in [-0.3, -0.25) is 4.79 Å². The highest BCUT2D eigenvalue weighted by Crippen LogP contribution is 2.38. The van der Waals surface area contributed by atoms with Gasteiger partial charge < -0.3 is 23.9 Å². The first-order chi connectivity index (χ1) is 16.5. The molecule has 0 saturated heterocycles. The molecule has 34 heavy (non-hydrogen) atoms. The molecule has 2 aromatic carbocycles. The first-order valence-electron chi connectivity index (χ1n) is 11.4. The summed E-state index contributed by atoms with van der Waals surface area (Å²) in [6.45, 7) is 6.85. The van der Waals surface area contributed by atoms with Crippen LogP contribution in [0.4, 0.5) is 5.69 Å². The number of benzene rings is 2. The monoisotopic (exact) mass is 457 g/mol. The smallest absolute Gasteiger partial charge is 0.255 e. The number of fused-ring (bicyclic) bond motifs is 2. The van der Waals surface area contributed by atoms with Crippen LogP contribution in [0.3, 0.4) is 0 Å². The molecule has 1 atom stereocenters. The van der Waals surface area contributed by atoms with Crippen molar-refractivity contribution in [2.24, 2.45) is 0 Å². The predicted molar refractivity (Wildman–Crippen MR) is 130 cm³/mol. The molecule has 3 heterocycles. The molecule has 7 heteroatoms. The van der Waals surface area contributed by atoms with Crippen LogP contribution in [-0.2, 0) is 13.0 Å². The third kappa shape index (κ3) is 4.55. The van der Waals surface area contributed by atoms with Crippen LogP contribution in [0.1, 0.15) is 41.0 Å². The van der Waals surface area contributed by atoms with Gasteiger partial charge in [-0.15, -0.1) is 0 Å². The number of hydrogen-bond acceptors (Lipinski definition) is 5. The van der Waals surface area contributed by atoms with E-state index in [0.29, 0.717) is 36.0 Å². The van der Waals surface area contributed by atoms with E-state index in [-0.39, 0.29) is 12.0 Å². The lowest BCUT2D eigenvalue weighted by atomic mass is 10.1. The van der Waals surface area contributed by atoms with Gasteiger partial charge in [0.05, 0.1) is 18.0 Å². The van der Waals surface area contributed by atoms with E-state index in [1.54, 1.807) is 24.3 Å². The number of nitrogens with one attached hydrogen (secondary N) is 1. The summed E-state index contributed by atoms with van der Waals surface area (Å²) in [4.78, 5) is 17.5. The number of aromatic nitrogens is 2. The standard InChI is InChI=1S/C27H27N3O4/c1-4-32-25-12-20-11-18(3)34-24(20)13-23(25)29-27(31)19-6-8-22(9-7-19)33-16-21-15-30-14-17(2)5-10-26(30)28-21/h5-10,12-15,18H,4,11,16H2,1-3H3,(H,29,31). The topological polar surface area (TPSA) is 74.1 Å². The summed E-state index contributed by atoms with van der Waals surface area (Å²) in [6.07, 6.45) is 4.94. The average molecular weight is 458 g/mol. The minimum Gasteiger partial charge on any atom is -0.492 e. The maximum atomic E-state index is 12.9. The fourth-order valence-corrected chi connectivity index (χ4v) is 4.09. The summed E-state index contributed by atoms with van der Waals surface area (Å²) in [5.74, 6) is 1.88. The quantitative estimate of drug-likeness (QED) is 0.413. The third-order valence-corrected chi connectivity index (χ3v) is 5.70. The van der Waals surface area contributed by atoms with Crippen molar-refractivity contribution >= 4 is 17.2 Å². The van der Waals surface area contributed by atoms with Crippen molar-refractivity contribution in [3.8, 4) is 17.2 Å². The number of amides is 1. The molecule has 1 N–H and O–H groups in total. The summed E-state index contributed by atoms with van der Waals surface area (Å²) in [5.41, 5.74) is 5.10. The summed E-state index contributed by atoms with van der Waals surface area (Å²) in [7, 11) is 0. The Kier molecular flexibility index (Phi) is 5.84. The van der Waals surface area contributed by atoms with E-state index in [1.165, 1.54) is 5.56 Å². The van der Waals surface area contributed by atoms with Gasteiger partial charge in [0.2, 0.25) is 0 Å². The van der Waals surface area contributed by atoms with Gasteiger partial charge in [-0.2, -0.15) is 0 Å². The number of rotatable bonds is 7. The van der Waals surface area contributed by atoms with Crippen LogP contribution in [-0.4, -0.2) is 28.0 Å². The molecule has 0 bridgehead atoms. The van der Waals surface area contributed by atoms with Crippen LogP contribution in [0.15, 0.2) is 60.9 Å². The van der Waals surface area contributed by atoms with Gasteiger partial charge in [0.15, 0.2) is 0 Å². The molecule has 4 aromatic rings. The van der Waals surface area contributed by atoms with Crippen LogP contribution in [0.2, 0.25) is 0 Å². The Morgan fingerprint density at radius 1 is 1.15 bits per heavy atom. The van der Waals surface area contributed by atoms with E-state index < -0.39 is 0 Å². The zero-order chi connectivity index (χ0) is 23.7. The highest BCUT2D eigenvalue weighted by Gasteiger charge is 2.23. The number of carbonyl (C=O) groups is 1. The van der Waals surface area contributed by atoms with Crippen LogP contribution >= 0.6 is 0 Å². The van der Waals surface area contributed by atoms with Gasteiger partial charge in [-0.05, 0) is 62.7 Å². The molecule has 1 unspecified atom stereocenters. The number of ether oxygens (including phenoxy) is 3. The van der Waals surface area contributed by atoms with Crippen molar-refractivity contribution in [2.45, 2.75) is 39.9 Å². The Morgan fingerprint density at radius 2 is 1.97 bits per heavy atom. The first kappa shape index (κ1) is 21.8. The SMILES string of the molecule is CCOc1cc2c(cc1NC(=O)c1ccc(OCc3cn4cc(C)ccc4n3)cc1)OC(C)C2. The average Bonchev–Trinajstić information content (AvgIpc) is 3.39. The molecule has 0 spiro atoms. The maximum absolute atomic E-state index is 12.9. The van der Waals surface area contributed by atoms with Crippen molar-refractivity contribution < 1.29 is 19.0 Å². The molecular formula is C27H27N3O4. The van der Waals surface area contributed by atoms with Crippen molar-refractivity contribution in [1.82, 2.24) is 9.38 Å². The molecule has 174 valence electrons. The minimum absolute atomic E-state index is 0.118. The maximum Gasteiger partial charge on any atom is 0.255 e. The van der Waals surface area contributed by atoms with Gasteiger partial charge in [0.1, 0.15) is 35.6 Å². The van der Waals surface area contributed by atoms with Gasteiger partial charge in [0, 0.05) is 36.0 Å². The highest BCUT2D eigenvalue weighted by molar-refractivity contribution is 6.05.